The van der Waals surface area contributed by atoms with Gasteiger partial charge in [-0.25, -0.2) is 4.98 Å². The van der Waals surface area contributed by atoms with E-state index < -0.39 is 0 Å². The number of aromatic nitrogens is 2. The van der Waals surface area contributed by atoms with Gasteiger partial charge in [0, 0.05) is 36.9 Å². The molecule has 4 aromatic rings. The van der Waals surface area contributed by atoms with Crippen molar-refractivity contribution in [3.63, 3.8) is 0 Å². The monoisotopic (exact) mass is 487 g/mol. The molecule has 8 heteroatoms. The van der Waals surface area contributed by atoms with E-state index in [9.17, 15) is 9.59 Å². The van der Waals surface area contributed by atoms with E-state index >= 15 is 0 Å². The summed E-state index contributed by atoms with van der Waals surface area (Å²) in [5.41, 5.74) is 2.29. The van der Waals surface area contributed by atoms with Crippen molar-refractivity contribution in [3.05, 3.63) is 100 Å². The maximum atomic E-state index is 13.4. The predicted molar refractivity (Wildman–Crippen MR) is 139 cm³/mol. The molecule has 0 radical (unpaired) electrons. The first-order valence-corrected chi connectivity index (χ1v) is 12.0. The minimum atomic E-state index is -0.0705. The lowest BCUT2D eigenvalue weighted by Crippen LogP contribution is -2.50. The number of hydrogen-bond donors (Lipinski definition) is 1. The van der Waals surface area contributed by atoms with Gasteiger partial charge in [0.2, 0.25) is 5.91 Å². The SMILES string of the molecule is O=C(CNc1ccc(Cl)cc1)N1CCN(Cc2nc3ccccc3c(=O)n2-c2ccccc2)CC1. The van der Waals surface area contributed by atoms with Gasteiger partial charge < -0.3 is 10.2 Å². The molecule has 0 saturated carbocycles. The molecule has 1 aliphatic heterocycles. The number of nitrogens with zero attached hydrogens (tertiary/aromatic N) is 4. The maximum absolute atomic E-state index is 13.4. The second-order valence-corrected chi connectivity index (χ2v) is 8.98. The van der Waals surface area contributed by atoms with Crippen LogP contribution in [-0.2, 0) is 11.3 Å². The van der Waals surface area contributed by atoms with E-state index in [1.807, 2.05) is 71.6 Å². The van der Waals surface area contributed by atoms with E-state index in [-0.39, 0.29) is 18.0 Å². The summed E-state index contributed by atoms with van der Waals surface area (Å²) in [5, 5.41) is 4.42. The molecule has 35 heavy (non-hydrogen) atoms. The van der Waals surface area contributed by atoms with Crippen molar-refractivity contribution < 1.29 is 4.79 Å². The van der Waals surface area contributed by atoms with Crippen molar-refractivity contribution >= 4 is 34.1 Å². The third kappa shape index (κ3) is 5.21. The number of carbonyl (C=O) groups is 1. The van der Waals surface area contributed by atoms with Crippen LogP contribution in [0, 0.1) is 0 Å². The molecule has 2 heterocycles. The fourth-order valence-corrected chi connectivity index (χ4v) is 4.47. The summed E-state index contributed by atoms with van der Waals surface area (Å²) in [6.45, 7) is 3.45. The van der Waals surface area contributed by atoms with E-state index in [0.717, 1.165) is 11.4 Å². The van der Waals surface area contributed by atoms with Gasteiger partial charge in [0.05, 0.1) is 29.7 Å². The van der Waals surface area contributed by atoms with Crippen molar-refractivity contribution in [2.45, 2.75) is 6.54 Å². The van der Waals surface area contributed by atoms with Crippen LogP contribution >= 0.6 is 11.6 Å². The Morgan fingerprint density at radius 2 is 1.57 bits per heavy atom. The Morgan fingerprint density at radius 1 is 0.886 bits per heavy atom. The van der Waals surface area contributed by atoms with Crippen LogP contribution in [0.2, 0.25) is 5.02 Å². The van der Waals surface area contributed by atoms with Crippen LogP contribution in [0.5, 0.6) is 0 Å². The third-order valence-electron chi connectivity index (χ3n) is 6.24. The van der Waals surface area contributed by atoms with Gasteiger partial charge in [0.15, 0.2) is 0 Å². The summed E-state index contributed by atoms with van der Waals surface area (Å²) < 4.78 is 1.70. The molecule has 3 aromatic carbocycles. The van der Waals surface area contributed by atoms with Gasteiger partial charge >= 0.3 is 0 Å². The molecule has 1 fully saturated rings. The highest BCUT2D eigenvalue weighted by Gasteiger charge is 2.23. The molecule has 0 spiro atoms. The third-order valence-corrected chi connectivity index (χ3v) is 6.49. The van der Waals surface area contributed by atoms with Gasteiger partial charge in [-0.2, -0.15) is 0 Å². The summed E-state index contributed by atoms with van der Waals surface area (Å²) in [6, 6.07) is 24.4. The number of para-hydroxylation sites is 2. The van der Waals surface area contributed by atoms with Crippen molar-refractivity contribution in [1.29, 1.82) is 0 Å². The Kier molecular flexibility index (Phi) is 6.79. The van der Waals surface area contributed by atoms with Crippen LogP contribution in [0.15, 0.2) is 83.7 Å². The molecule has 7 nitrogen and oxygen atoms in total. The van der Waals surface area contributed by atoms with Gasteiger partial charge in [0.1, 0.15) is 5.82 Å². The zero-order valence-electron chi connectivity index (χ0n) is 19.2. The number of fused-ring (bicyclic) bond motifs is 1. The van der Waals surface area contributed by atoms with E-state index in [1.54, 1.807) is 16.7 Å². The van der Waals surface area contributed by atoms with Crippen LogP contribution in [0.3, 0.4) is 0 Å². The normalized spacial score (nSPS) is 14.3. The van der Waals surface area contributed by atoms with Gasteiger partial charge in [-0.15, -0.1) is 0 Å². The van der Waals surface area contributed by atoms with E-state index in [4.69, 9.17) is 16.6 Å². The zero-order valence-corrected chi connectivity index (χ0v) is 20.0. The molecular weight excluding hydrogens is 462 g/mol. The first-order chi connectivity index (χ1) is 17.1. The molecule has 1 amide bonds. The first kappa shape index (κ1) is 23.1. The Balaban J connectivity index is 1.28. The molecule has 5 rings (SSSR count). The van der Waals surface area contributed by atoms with E-state index in [1.165, 1.54) is 0 Å². The largest absolute Gasteiger partial charge is 0.376 e. The minimum absolute atomic E-state index is 0.0598. The summed E-state index contributed by atoms with van der Waals surface area (Å²) in [6.07, 6.45) is 0. The summed E-state index contributed by atoms with van der Waals surface area (Å²) >= 11 is 5.92. The zero-order chi connectivity index (χ0) is 24.2. The number of benzene rings is 3. The average Bonchev–Trinajstić information content (AvgIpc) is 2.89. The summed E-state index contributed by atoms with van der Waals surface area (Å²) in [4.78, 5) is 35.0. The highest BCUT2D eigenvalue weighted by molar-refractivity contribution is 6.30. The average molecular weight is 488 g/mol. The van der Waals surface area contributed by atoms with Crippen LogP contribution in [0.25, 0.3) is 16.6 Å². The fraction of sp³-hybridized carbons (Fsp3) is 0.222. The van der Waals surface area contributed by atoms with Gasteiger partial charge in [-0.05, 0) is 48.5 Å². The number of halogens is 1. The Labute approximate surface area is 208 Å². The fourth-order valence-electron chi connectivity index (χ4n) is 4.34. The van der Waals surface area contributed by atoms with Crippen molar-refractivity contribution in [2.75, 3.05) is 38.0 Å². The lowest BCUT2D eigenvalue weighted by atomic mass is 10.2. The van der Waals surface area contributed by atoms with Crippen LogP contribution in [0.4, 0.5) is 5.69 Å². The number of amides is 1. The summed E-state index contributed by atoms with van der Waals surface area (Å²) in [7, 11) is 0. The number of hydrogen-bond acceptors (Lipinski definition) is 5. The molecule has 0 atom stereocenters. The van der Waals surface area contributed by atoms with Crippen LogP contribution in [0.1, 0.15) is 5.82 Å². The number of rotatable bonds is 6. The van der Waals surface area contributed by atoms with Crippen LogP contribution < -0.4 is 10.9 Å². The molecule has 0 unspecified atom stereocenters. The first-order valence-electron chi connectivity index (χ1n) is 11.6. The lowest BCUT2D eigenvalue weighted by Gasteiger charge is -2.35. The Hall–Kier alpha value is -3.68. The quantitative estimate of drug-likeness (QED) is 0.448. The van der Waals surface area contributed by atoms with E-state index in [2.05, 4.69) is 10.2 Å². The Bertz CT molecular complexity index is 1380. The van der Waals surface area contributed by atoms with Crippen molar-refractivity contribution in [2.24, 2.45) is 0 Å². The molecule has 1 N–H and O–H groups in total. The topological polar surface area (TPSA) is 70.5 Å². The maximum Gasteiger partial charge on any atom is 0.266 e. The molecule has 178 valence electrons. The number of anilines is 1. The number of carbonyl (C=O) groups excluding carboxylic acids is 1. The molecule has 1 aliphatic rings. The highest BCUT2D eigenvalue weighted by atomic mass is 35.5. The molecular formula is C27H26ClN5O2. The van der Waals surface area contributed by atoms with E-state index in [0.29, 0.717) is 54.5 Å². The minimum Gasteiger partial charge on any atom is -0.376 e. The van der Waals surface area contributed by atoms with Gasteiger partial charge in [-0.1, -0.05) is 41.9 Å². The second kappa shape index (κ2) is 10.3. The van der Waals surface area contributed by atoms with Gasteiger partial charge in [0.25, 0.3) is 5.56 Å². The van der Waals surface area contributed by atoms with Crippen molar-refractivity contribution in [1.82, 2.24) is 19.4 Å². The number of nitrogens with one attached hydrogen (secondary N) is 1. The molecule has 0 aliphatic carbocycles. The molecule has 0 bridgehead atoms. The predicted octanol–water partition coefficient (Wildman–Crippen LogP) is 3.80. The smallest absolute Gasteiger partial charge is 0.266 e. The standard InChI is InChI=1S/C27H26ClN5O2/c28-20-10-12-21(13-11-20)29-18-26(34)32-16-14-31(15-17-32)19-25-30-24-9-5-4-8-23(24)27(35)33(25)22-6-2-1-3-7-22/h1-13,29H,14-19H2. The number of piperazine rings is 1. The van der Waals surface area contributed by atoms with Crippen molar-refractivity contribution in [3.8, 4) is 5.69 Å². The van der Waals surface area contributed by atoms with Gasteiger partial charge in [-0.3, -0.25) is 19.1 Å². The second-order valence-electron chi connectivity index (χ2n) is 8.54. The molecule has 1 saturated heterocycles. The lowest BCUT2D eigenvalue weighted by molar-refractivity contribution is -0.131. The Morgan fingerprint density at radius 3 is 2.31 bits per heavy atom. The highest BCUT2D eigenvalue weighted by Crippen LogP contribution is 2.16. The summed E-state index contributed by atoms with van der Waals surface area (Å²) in [5.74, 6) is 0.758. The molecule has 1 aromatic heterocycles. The van der Waals surface area contributed by atoms with Crippen LogP contribution in [-0.4, -0.2) is 58.0 Å².